The van der Waals surface area contributed by atoms with Crippen molar-refractivity contribution >= 4 is 5.91 Å². The van der Waals surface area contributed by atoms with E-state index in [9.17, 15) is 4.79 Å². The Kier molecular flexibility index (Phi) is 2.94. The van der Waals surface area contributed by atoms with Crippen LogP contribution in [-0.4, -0.2) is 24.0 Å². The SMILES string of the molecule is C#CC(C)(C)NC(=O)CNC1CC1. The molecule has 0 aromatic heterocycles. The molecular formula is C10H16N2O. The van der Waals surface area contributed by atoms with E-state index in [1.54, 1.807) is 0 Å². The van der Waals surface area contributed by atoms with Gasteiger partial charge in [-0.2, -0.15) is 0 Å². The second kappa shape index (κ2) is 3.80. The number of hydrogen-bond acceptors (Lipinski definition) is 2. The third kappa shape index (κ3) is 3.95. The van der Waals surface area contributed by atoms with Crippen LogP contribution in [-0.2, 0) is 4.79 Å². The largest absolute Gasteiger partial charge is 0.339 e. The molecule has 0 spiro atoms. The Balaban J connectivity index is 2.20. The van der Waals surface area contributed by atoms with Crippen molar-refractivity contribution in [1.29, 1.82) is 0 Å². The predicted octanol–water partition coefficient (Wildman–Crippen LogP) is 0.266. The Hall–Kier alpha value is -1.01. The van der Waals surface area contributed by atoms with Crippen LogP contribution in [0.4, 0.5) is 0 Å². The predicted molar refractivity (Wildman–Crippen MR) is 52.1 cm³/mol. The average Bonchev–Trinajstić information content (AvgIpc) is 2.83. The highest BCUT2D eigenvalue weighted by atomic mass is 16.2. The van der Waals surface area contributed by atoms with Crippen LogP contribution in [0.3, 0.4) is 0 Å². The maximum atomic E-state index is 11.3. The van der Waals surface area contributed by atoms with Gasteiger partial charge < -0.3 is 10.6 Å². The van der Waals surface area contributed by atoms with Crippen LogP contribution in [0.1, 0.15) is 26.7 Å². The van der Waals surface area contributed by atoms with E-state index in [0.29, 0.717) is 12.6 Å². The summed E-state index contributed by atoms with van der Waals surface area (Å²) in [6.07, 6.45) is 7.61. The van der Waals surface area contributed by atoms with E-state index < -0.39 is 5.54 Å². The van der Waals surface area contributed by atoms with Crippen LogP contribution >= 0.6 is 0 Å². The molecule has 0 unspecified atom stereocenters. The van der Waals surface area contributed by atoms with Crippen molar-refractivity contribution in [3.63, 3.8) is 0 Å². The fourth-order valence-electron chi connectivity index (χ4n) is 0.953. The highest BCUT2D eigenvalue weighted by Crippen LogP contribution is 2.17. The first kappa shape index (κ1) is 10.1. The molecule has 2 N–H and O–H groups in total. The lowest BCUT2D eigenvalue weighted by Crippen LogP contribution is -2.46. The molecule has 3 heteroatoms. The van der Waals surface area contributed by atoms with Crippen molar-refractivity contribution in [2.75, 3.05) is 6.54 Å². The summed E-state index contributed by atoms with van der Waals surface area (Å²) in [4.78, 5) is 11.3. The molecule has 1 rings (SSSR count). The molecule has 1 aliphatic rings. The quantitative estimate of drug-likeness (QED) is 0.610. The van der Waals surface area contributed by atoms with Gasteiger partial charge in [0, 0.05) is 6.04 Å². The van der Waals surface area contributed by atoms with Crippen LogP contribution in [0.15, 0.2) is 0 Å². The summed E-state index contributed by atoms with van der Waals surface area (Å²) in [7, 11) is 0. The molecule has 0 saturated heterocycles. The number of carbonyl (C=O) groups is 1. The van der Waals surface area contributed by atoms with Crippen molar-refractivity contribution in [2.45, 2.75) is 38.3 Å². The fraction of sp³-hybridized carbons (Fsp3) is 0.700. The second-order valence-corrected chi connectivity index (χ2v) is 3.97. The summed E-state index contributed by atoms with van der Waals surface area (Å²) in [5, 5.41) is 5.87. The zero-order chi connectivity index (χ0) is 9.90. The number of nitrogens with one attached hydrogen (secondary N) is 2. The van der Waals surface area contributed by atoms with Crippen LogP contribution in [0.5, 0.6) is 0 Å². The van der Waals surface area contributed by atoms with E-state index in [1.165, 1.54) is 12.8 Å². The van der Waals surface area contributed by atoms with Gasteiger partial charge in [0.15, 0.2) is 0 Å². The van der Waals surface area contributed by atoms with E-state index in [2.05, 4.69) is 16.6 Å². The van der Waals surface area contributed by atoms with Gasteiger partial charge in [-0.1, -0.05) is 5.92 Å². The highest BCUT2D eigenvalue weighted by molar-refractivity contribution is 5.79. The van der Waals surface area contributed by atoms with Crippen molar-refractivity contribution < 1.29 is 4.79 Å². The minimum absolute atomic E-state index is 0.0325. The van der Waals surface area contributed by atoms with Crippen molar-refractivity contribution in [1.82, 2.24) is 10.6 Å². The highest BCUT2D eigenvalue weighted by Gasteiger charge is 2.22. The molecule has 0 aromatic carbocycles. The minimum atomic E-state index is -0.539. The minimum Gasteiger partial charge on any atom is -0.339 e. The first-order valence-electron chi connectivity index (χ1n) is 4.56. The third-order valence-corrected chi connectivity index (χ3v) is 1.94. The molecule has 1 fully saturated rings. The van der Waals surface area contributed by atoms with E-state index in [1.807, 2.05) is 13.8 Å². The van der Waals surface area contributed by atoms with Gasteiger partial charge in [-0.25, -0.2) is 0 Å². The van der Waals surface area contributed by atoms with Crippen LogP contribution in [0.2, 0.25) is 0 Å². The topological polar surface area (TPSA) is 41.1 Å². The molecule has 0 aromatic rings. The van der Waals surface area contributed by atoms with E-state index in [4.69, 9.17) is 6.42 Å². The average molecular weight is 180 g/mol. The number of hydrogen-bond donors (Lipinski definition) is 2. The Morgan fingerprint density at radius 1 is 1.62 bits per heavy atom. The van der Waals surface area contributed by atoms with Gasteiger partial charge in [0.2, 0.25) is 5.91 Å². The van der Waals surface area contributed by atoms with Crippen LogP contribution < -0.4 is 10.6 Å². The van der Waals surface area contributed by atoms with Gasteiger partial charge in [-0.15, -0.1) is 6.42 Å². The monoisotopic (exact) mass is 180 g/mol. The first-order chi connectivity index (χ1) is 6.03. The summed E-state index contributed by atoms with van der Waals surface area (Å²) in [6, 6.07) is 0.555. The van der Waals surface area contributed by atoms with E-state index >= 15 is 0 Å². The molecular weight excluding hydrogens is 164 g/mol. The molecule has 3 nitrogen and oxygen atoms in total. The zero-order valence-electron chi connectivity index (χ0n) is 8.18. The standard InChI is InChI=1S/C10H16N2O/c1-4-10(2,3)12-9(13)7-11-8-5-6-8/h1,8,11H,5-7H2,2-3H3,(H,12,13). The Morgan fingerprint density at radius 2 is 2.23 bits per heavy atom. The Morgan fingerprint density at radius 3 is 2.69 bits per heavy atom. The molecule has 0 atom stereocenters. The van der Waals surface area contributed by atoms with E-state index in [0.717, 1.165) is 0 Å². The van der Waals surface area contributed by atoms with Crippen LogP contribution in [0, 0.1) is 12.3 Å². The van der Waals surface area contributed by atoms with Gasteiger partial charge in [-0.3, -0.25) is 4.79 Å². The molecule has 1 aliphatic carbocycles. The normalized spacial score (nSPS) is 16.4. The van der Waals surface area contributed by atoms with Gasteiger partial charge >= 0.3 is 0 Å². The number of terminal acetylenes is 1. The second-order valence-electron chi connectivity index (χ2n) is 3.97. The number of carbonyl (C=O) groups excluding carboxylic acids is 1. The lowest BCUT2D eigenvalue weighted by molar-refractivity contribution is -0.121. The summed E-state index contributed by atoms with van der Waals surface area (Å²) < 4.78 is 0. The summed E-state index contributed by atoms with van der Waals surface area (Å²) in [6.45, 7) is 3.99. The smallest absolute Gasteiger partial charge is 0.235 e. The zero-order valence-corrected chi connectivity index (χ0v) is 8.18. The lowest BCUT2D eigenvalue weighted by atomic mass is 10.1. The molecule has 13 heavy (non-hydrogen) atoms. The fourth-order valence-corrected chi connectivity index (χ4v) is 0.953. The number of amides is 1. The number of rotatable bonds is 4. The molecule has 0 bridgehead atoms. The molecule has 1 saturated carbocycles. The van der Waals surface area contributed by atoms with Crippen molar-refractivity contribution in [3.8, 4) is 12.3 Å². The molecule has 0 aliphatic heterocycles. The van der Waals surface area contributed by atoms with Crippen molar-refractivity contribution in [2.24, 2.45) is 0 Å². The van der Waals surface area contributed by atoms with Crippen molar-refractivity contribution in [3.05, 3.63) is 0 Å². The van der Waals surface area contributed by atoms with Gasteiger partial charge in [0.25, 0.3) is 0 Å². The molecule has 0 heterocycles. The lowest BCUT2D eigenvalue weighted by Gasteiger charge is -2.19. The molecule has 0 radical (unpaired) electrons. The van der Waals surface area contributed by atoms with Gasteiger partial charge in [0.1, 0.15) is 0 Å². The molecule has 72 valence electrons. The maximum absolute atomic E-state index is 11.3. The molecule has 1 amide bonds. The third-order valence-electron chi connectivity index (χ3n) is 1.94. The maximum Gasteiger partial charge on any atom is 0.235 e. The van der Waals surface area contributed by atoms with Gasteiger partial charge in [-0.05, 0) is 26.7 Å². The summed E-state index contributed by atoms with van der Waals surface area (Å²) >= 11 is 0. The summed E-state index contributed by atoms with van der Waals surface area (Å²) in [5.74, 6) is 2.48. The Labute approximate surface area is 79.3 Å². The summed E-state index contributed by atoms with van der Waals surface area (Å²) in [5.41, 5.74) is -0.539. The first-order valence-corrected chi connectivity index (χ1v) is 4.56. The van der Waals surface area contributed by atoms with Gasteiger partial charge in [0.05, 0.1) is 12.1 Å². The van der Waals surface area contributed by atoms with E-state index in [-0.39, 0.29) is 5.91 Å². The van der Waals surface area contributed by atoms with Crippen LogP contribution in [0.25, 0.3) is 0 Å². The Bertz CT molecular complexity index is 236.